The molecule has 1 aliphatic carbocycles. The Balaban J connectivity index is 1.73. The van der Waals surface area contributed by atoms with Gasteiger partial charge in [-0.05, 0) is 76.1 Å². The Bertz CT molecular complexity index is 603. The zero-order chi connectivity index (χ0) is 22.2. The van der Waals surface area contributed by atoms with Crippen LogP contribution >= 0.6 is 0 Å². The first kappa shape index (κ1) is 25.4. The average molecular weight is 436 g/mol. The number of hydrogen-bond donors (Lipinski definition) is 2. The van der Waals surface area contributed by atoms with Crippen LogP contribution in [0.1, 0.15) is 46.0 Å². The number of guanidine groups is 1. The van der Waals surface area contributed by atoms with Crippen LogP contribution in [-0.4, -0.2) is 65.3 Å². The zero-order valence-corrected chi connectivity index (χ0v) is 19.5. The van der Waals surface area contributed by atoms with Gasteiger partial charge in [0.25, 0.3) is 0 Å². The molecule has 0 aliphatic heterocycles. The lowest BCUT2D eigenvalue weighted by molar-refractivity contribution is 0.0689. The third-order valence-corrected chi connectivity index (χ3v) is 4.70. The van der Waals surface area contributed by atoms with Gasteiger partial charge < -0.3 is 29.6 Å². The number of benzene rings is 1. The molecule has 2 N–H and O–H groups in total. The normalized spacial score (nSPS) is 14.1. The Morgan fingerprint density at radius 3 is 2.48 bits per heavy atom. The van der Waals surface area contributed by atoms with E-state index in [-0.39, 0.29) is 6.10 Å². The molecule has 1 saturated carbocycles. The van der Waals surface area contributed by atoms with Crippen molar-refractivity contribution in [2.24, 2.45) is 10.9 Å². The SMILES string of the molecule is COCCOCCCCNC(=NCCCOCC1CC1)Nc1ccc(OC(C)C)cc1. The van der Waals surface area contributed by atoms with Crippen molar-refractivity contribution in [1.82, 2.24) is 5.32 Å². The van der Waals surface area contributed by atoms with E-state index in [1.807, 2.05) is 38.1 Å². The fourth-order valence-corrected chi connectivity index (χ4v) is 2.84. The van der Waals surface area contributed by atoms with Crippen LogP contribution < -0.4 is 15.4 Å². The van der Waals surface area contributed by atoms with Crippen molar-refractivity contribution < 1.29 is 18.9 Å². The molecule has 0 amide bonds. The third-order valence-electron chi connectivity index (χ3n) is 4.70. The second-order valence-corrected chi connectivity index (χ2v) is 8.16. The molecule has 176 valence electrons. The number of ether oxygens (including phenoxy) is 4. The second-order valence-electron chi connectivity index (χ2n) is 8.16. The molecular formula is C24H41N3O4. The summed E-state index contributed by atoms with van der Waals surface area (Å²) in [4.78, 5) is 4.72. The first-order valence-corrected chi connectivity index (χ1v) is 11.6. The summed E-state index contributed by atoms with van der Waals surface area (Å²) in [5, 5.41) is 6.82. The molecule has 1 aliphatic rings. The van der Waals surface area contributed by atoms with Gasteiger partial charge in [0.1, 0.15) is 5.75 Å². The summed E-state index contributed by atoms with van der Waals surface area (Å²) in [6, 6.07) is 7.97. The lowest BCUT2D eigenvalue weighted by atomic mass is 10.3. The molecular weight excluding hydrogens is 394 g/mol. The van der Waals surface area contributed by atoms with Crippen LogP contribution in [0.4, 0.5) is 5.69 Å². The van der Waals surface area contributed by atoms with Gasteiger partial charge in [-0.15, -0.1) is 0 Å². The Morgan fingerprint density at radius 2 is 1.77 bits per heavy atom. The van der Waals surface area contributed by atoms with Crippen LogP contribution in [-0.2, 0) is 14.2 Å². The highest BCUT2D eigenvalue weighted by Crippen LogP contribution is 2.28. The van der Waals surface area contributed by atoms with Crippen LogP contribution in [0.5, 0.6) is 5.75 Å². The molecule has 0 spiro atoms. The molecule has 0 heterocycles. The van der Waals surface area contributed by atoms with E-state index in [9.17, 15) is 0 Å². The predicted molar refractivity (Wildman–Crippen MR) is 126 cm³/mol. The van der Waals surface area contributed by atoms with Gasteiger partial charge >= 0.3 is 0 Å². The van der Waals surface area contributed by atoms with E-state index in [1.54, 1.807) is 7.11 Å². The highest BCUT2D eigenvalue weighted by Gasteiger charge is 2.20. The average Bonchev–Trinajstić information content (AvgIpc) is 3.57. The molecule has 0 aromatic heterocycles. The molecule has 1 aromatic carbocycles. The van der Waals surface area contributed by atoms with E-state index in [2.05, 4.69) is 10.6 Å². The quantitative estimate of drug-likeness (QED) is 0.218. The molecule has 0 saturated heterocycles. The molecule has 1 fully saturated rings. The molecule has 0 bridgehead atoms. The van der Waals surface area contributed by atoms with Crippen molar-refractivity contribution in [3.8, 4) is 5.75 Å². The Morgan fingerprint density at radius 1 is 1.00 bits per heavy atom. The number of hydrogen-bond acceptors (Lipinski definition) is 5. The first-order chi connectivity index (χ1) is 15.2. The van der Waals surface area contributed by atoms with Gasteiger partial charge in [0.15, 0.2) is 5.96 Å². The van der Waals surface area contributed by atoms with E-state index in [4.69, 9.17) is 23.9 Å². The maximum atomic E-state index is 5.72. The van der Waals surface area contributed by atoms with Crippen molar-refractivity contribution in [2.45, 2.75) is 52.1 Å². The lowest BCUT2D eigenvalue weighted by Gasteiger charge is -2.14. The van der Waals surface area contributed by atoms with Crippen LogP contribution in [0.2, 0.25) is 0 Å². The predicted octanol–water partition coefficient (Wildman–Crippen LogP) is 4.09. The van der Waals surface area contributed by atoms with Gasteiger partial charge in [0, 0.05) is 45.7 Å². The third kappa shape index (κ3) is 13.2. The van der Waals surface area contributed by atoms with Crippen LogP contribution in [0.25, 0.3) is 0 Å². The maximum absolute atomic E-state index is 5.72. The molecule has 7 heteroatoms. The van der Waals surface area contributed by atoms with Gasteiger partial charge in [-0.1, -0.05) is 0 Å². The highest BCUT2D eigenvalue weighted by molar-refractivity contribution is 5.93. The molecule has 0 radical (unpaired) electrons. The van der Waals surface area contributed by atoms with E-state index in [0.29, 0.717) is 13.2 Å². The fraction of sp³-hybridized carbons (Fsp3) is 0.708. The lowest BCUT2D eigenvalue weighted by Crippen LogP contribution is -2.32. The van der Waals surface area contributed by atoms with Crippen LogP contribution in [0.3, 0.4) is 0 Å². The zero-order valence-electron chi connectivity index (χ0n) is 19.5. The number of methoxy groups -OCH3 is 1. The molecule has 31 heavy (non-hydrogen) atoms. The summed E-state index contributed by atoms with van der Waals surface area (Å²) in [7, 11) is 1.69. The van der Waals surface area contributed by atoms with E-state index in [1.165, 1.54) is 12.8 Å². The summed E-state index contributed by atoms with van der Waals surface area (Å²) in [5.41, 5.74) is 0.982. The minimum absolute atomic E-state index is 0.165. The summed E-state index contributed by atoms with van der Waals surface area (Å²) in [6.45, 7) is 9.34. The minimum Gasteiger partial charge on any atom is -0.491 e. The number of nitrogens with zero attached hydrogens (tertiary/aromatic N) is 1. The smallest absolute Gasteiger partial charge is 0.195 e. The number of nitrogens with one attached hydrogen (secondary N) is 2. The van der Waals surface area contributed by atoms with Crippen LogP contribution in [0, 0.1) is 5.92 Å². The van der Waals surface area contributed by atoms with Gasteiger partial charge in [0.2, 0.25) is 0 Å². The number of aliphatic imine (C=N–C) groups is 1. The Labute approximate surface area is 187 Å². The molecule has 0 atom stereocenters. The minimum atomic E-state index is 0.165. The summed E-state index contributed by atoms with van der Waals surface area (Å²) in [6.07, 6.45) is 5.76. The van der Waals surface area contributed by atoms with Gasteiger partial charge in [-0.2, -0.15) is 0 Å². The van der Waals surface area contributed by atoms with Gasteiger partial charge in [0.05, 0.1) is 19.3 Å². The fourth-order valence-electron chi connectivity index (χ4n) is 2.84. The van der Waals surface area contributed by atoms with Crippen molar-refractivity contribution in [2.75, 3.05) is 58.6 Å². The summed E-state index contributed by atoms with van der Waals surface area (Å²) < 4.78 is 21.9. The Hall–Kier alpha value is -1.83. The largest absolute Gasteiger partial charge is 0.491 e. The van der Waals surface area contributed by atoms with E-state index < -0.39 is 0 Å². The second kappa shape index (κ2) is 15.9. The standard InChI is InChI=1S/C24H41N3O4/c1-20(2)31-23-11-9-22(10-12-23)27-24(25-13-4-5-15-29-18-17-28-3)26-14-6-16-30-19-21-7-8-21/h9-12,20-21H,4-8,13-19H2,1-3H3,(H2,25,26,27). The van der Waals surface area contributed by atoms with Crippen molar-refractivity contribution >= 4 is 11.6 Å². The molecule has 7 nitrogen and oxygen atoms in total. The van der Waals surface area contributed by atoms with Crippen molar-refractivity contribution in [1.29, 1.82) is 0 Å². The van der Waals surface area contributed by atoms with Crippen LogP contribution in [0.15, 0.2) is 29.3 Å². The number of unbranched alkanes of at least 4 members (excludes halogenated alkanes) is 1. The number of rotatable bonds is 17. The number of anilines is 1. The van der Waals surface area contributed by atoms with E-state index >= 15 is 0 Å². The highest BCUT2D eigenvalue weighted by atomic mass is 16.5. The summed E-state index contributed by atoms with van der Waals surface area (Å²) >= 11 is 0. The molecule has 0 unspecified atom stereocenters. The first-order valence-electron chi connectivity index (χ1n) is 11.6. The topological polar surface area (TPSA) is 73.3 Å². The van der Waals surface area contributed by atoms with Gasteiger partial charge in [-0.3, -0.25) is 4.99 Å². The maximum Gasteiger partial charge on any atom is 0.195 e. The monoisotopic (exact) mass is 435 g/mol. The van der Waals surface area contributed by atoms with E-state index in [0.717, 1.165) is 75.5 Å². The van der Waals surface area contributed by atoms with Crippen molar-refractivity contribution in [3.05, 3.63) is 24.3 Å². The van der Waals surface area contributed by atoms with Gasteiger partial charge in [-0.25, -0.2) is 0 Å². The molecule has 1 aromatic rings. The van der Waals surface area contributed by atoms with Crippen molar-refractivity contribution in [3.63, 3.8) is 0 Å². The Kier molecular flexibility index (Phi) is 13.0. The molecule has 2 rings (SSSR count). The summed E-state index contributed by atoms with van der Waals surface area (Å²) in [5.74, 6) is 2.47.